The molecule has 3 rings (SSSR count). The third-order valence-electron chi connectivity index (χ3n) is 3.24. The summed E-state index contributed by atoms with van der Waals surface area (Å²) in [5.41, 5.74) is 3.41. The van der Waals surface area contributed by atoms with Gasteiger partial charge in [-0.3, -0.25) is 0 Å². The normalized spacial score (nSPS) is 10.9. The summed E-state index contributed by atoms with van der Waals surface area (Å²) >= 11 is 7.73. The molecule has 0 amide bonds. The van der Waals surface area contributed by atoms with E-state index in [-0.39, 0.29) is 0 Å². The van der Waals surface area contributed by atoms with Crippen LogP contribution in [0.2, 0.25) is 0 Å². The van der Waals surface area contributed by atoms with Crippen molar-refractivity contribution in [1.82, 2.24) is 9.55 Å². The molecule has 0 atom stereocenters. The fourth-order valence-electron chi connectivity index (χ4n) is 2.21. The highest BCUT2D eigenvalue weighted by atomic mass is 127. The number of ether oxygens (including phenoxy) is 1. The Morgan fingerprint density at radius 3 is 2.65 bits per heavy atom. The van der Waals surface area contributed by atoms with Crippen molar-refractivity contribution in [1.29, 1.82) is 0 Å². The van der Waals surface area contributed by atoms with Crippen molar-refractivity contribution in [2.75, 3.05) is 7.11 Å². The largest absolute Gasteiger partial charge is 0.497 e. The molecule has 0 aliphatic carbocycles. The van der Waals surface area contributed by atoms with Crippen LogP contribution in [0.25, 0.3) is 11.0 Å². The molecule has 5 heteroatoms. The van der Waals surface area contributed by atoms with Gasteiger partial charge in [0.05, 0.1) is 24.7 Å². The summed E-state index contributed by atoms with van der Waals surface area (Å²) in [6.07, 6.45) is 0. The van der Waals surface area contributed by atoms with Gasteiger partial charge in [-0.25, -0.2) is 0 Å². The first-order valence-corrected chi connectivity index (χ1v) is 7.67. The number of rotatable bonds is 3. The fraction of sp³-hybridized carbons (Fsp3) is 0.133. The third kappa shape index (κ3) is 2.60. The number of methoxy groups -OCH3 is 1. The maximum atomic E-state index is 5.42. The zero-order chi connectivity index (χ0) is 14.1. The predicted octanol–water partition coefficient (Wildman–Crippen LogP) is 4.36. The molecule has 0 aliphatic heterocycles. The predicted molar refractivity (Wildman–Crippen MR) is 91.9 cm³/mol. The van der Waals surface area contributed by atoms with E-state index in [1.54, 1.807) is 7.11 Å². The van der Waals surface area contributed by atoms with E-state index in [2.05, 4.69) is 62.5 Å². The van der Waals surface area contributed by atoms with Crippen LogP contribution < -0.4 is 4.74 Å². The molecule has 0 spiro atoms. The van der Waals surface area contributed by atoms with Crippen molar-refractivity contribution < 1.29 is 4.74 Å². The van der Waals surface area contributed by atoms with E-state index in [9.17, 15) is 0 Å². The maximum Gasteiger partial charge on any atom is 0.178 e. The summed E-state index contributed by atoms with van der Waals surface area (Å²) in [6.45, 7) is 0.753. The Labute approximate surface area is 135 Å². The first-order chi connectivity index (χ1) is 9.67. The molecular formula is C15H13IN2OS. The molecule has 3 nitrogen and oxygen atoms in total. The van der Waals surface area contributed by atoms with Crippen molar-refractivity contribution >= 4 is 45.8 Å². The van der Waals surface area contributed by atoms with Crippen LogP contribution in [-0.2, 0) is 6.54 Å². The highest BCUT2D eigenvalue weighted by molar-refractivity contribution is 14.1. The summed E-state index contributed by atoms with van der Waals surface area (Å²) in [5.74, 6) is 0.867. The van der Waals surface area contributed by atoms with Crippen molar-refractivity contribution in [2.45, 2.75) is 6.54 Å². The molecule has 0 saturated carbocycles. The molecule has 20 heavy (non-hydrogen) atoms. The van der Waals surface area contributed by atoms with Crippen LogP contribution in [0, 0.1) is 8.34 Å². The van der Waals surface area contributed by atoms with Gasteiger partial charge in [-0.2, -0.15) is 0 Å². The van der Waals surface area contributed by atoms with E-state index in [1.807, 2.05) is 12.1 Å². The zero-order valence-corrected chi connectivity index (χ0v) is 13.9. The number of aromatic nitrogens is 2. The van der Waals surface area contributed by atoms with Gasteiger partial charge in [-0.1, -0.05) is 12.1 Å². The average Bonchev–Trinajstić information content (AvgIpc) is 2.75. The SMILES string of the molecule is COc1ccc(Cn2c(=S)[nH]c3cc(I)ccc32)cc1. The number of fused-ring (bicyclic) bond motifs is 1. The van der Waals surface area contributed by atoms with Crippen molar-refractivity contribution in [3.05, 3.63) is 56.4 Å². The molecule has 102 valence electrons. The molecule has 0 bridgehead atoms. The second-order valence-electron chi connectivity index (χ2n) is 4.53. The number of nitrogens with zero attached hydrogens (tertiary/aromatic N) is 1. The van der Waals surface area contributed by atoms with Crippen molar-refractivity contribution in [2.24, 2.45) is 0 Å². The minimum atomic E-state index is 0.748. The van der Waals surface area contributed by atoms with E-state index in [1.165, 1.54) is 9.13 Å². The zero-order valence-electron chi connectivity index (χ0n) is 10.9. The van der Waals surface area contributed by atoms with Gasteiger partial charge < -0.3 is 14.3 Å². The van der Waals surface area contributed by atoms with E-state index in [4.69, 9.17) is 17.0 Å². The van der Waals surface area contributed by atoms with Crippen molar-refractivity contribution in [3.63, 3.8) is 0 Å². The second-order valence-corrected chi connectivity index (χ2v) is 6.16. The number of aromatic amines is 1. The standard InChI is InChI=1S/C15H13IN2OS/c1-19-12-5-2-10(3-6-12)9-18-14-7-4-11(16)8-13(14)17-15(18)20/h2-8H,9H2,1H3,(H,17,20). The van der Waals surface area contributed by atoms with Gasteiger partial charge in [0, 0.05) is 3.57 Å². The lowest BCUT2D eigenvalue weighted by Crippen LogP contribution is -1.99. The van der Waals surface area contributed by atoms with Crippen molar-refractivity contribution in [3.8, 4) is 5.75 Å². The Kier molecular flexibility index (Phi) is 3.80. The summed E-state index contributed by atoms with van der Waals surface area (Å²) in [7, 11) is 1.67. The molecule has 0 radical (unpaired) electrons. The Bertz CT molecular complexity index is 805. The molecule has 1 N–H and O–H groups in total. The molecule has 0 fully saturated rings. The monoisotopic (exact) mass is 396 g/mol. The van der Waals surface area contributed by atoms with Gasteiger partial charge in [0.25, 0.3) is 0 Å². The van der Waals surface area contributed by atoms with Crippen LogP contribution in [0.4, 0.5) is 0 Å². The minimum Gasteiger partial charge on any atom is -0.497 e. The van der Waals surface area contributed by atoms with Crippen LogP contribution in [0.15, 0.2) is 42.5 Å². The first-order valence-electron chi connectivity index (χ1n) is 6.18. The molecule has 0 unspecified atom stereocenters. The smallest absolute Gasteiger partial charge is 0.178 e. The van der Waals surface area contributed by atoms with E-state index in [0.29, 0.717) is 0 Å². The van der Waals surface area contributed by atoms with Crippen LogP contribution in [0.5, 0.6) is 5.75 Å². The van der Waals surface area contributed by atoms with Gasteiger partial charge >= 0.3 is 0 Å². The van der Waals surface area contributed by atoms with Gasteiger partial charge in [-0.15, -0.1) is 0 Å². The Morgan fingerprint density at radius 2 is 1.95 bits per heavy atom. The molecule has 1 heterocycles. The third-order valence-corrected chi connectivity index (χ3v) is 4.23. The van der Waals surface area contributed by atoms with E-state index >= 15 is 0 Å². The number of imidazole rings is 1. The topological polar surface area (TPSA) is 29.9 Å². The quantitative estimate of drug-likeness (QED) is 0.527. The fourth-order valence-corrected chi connectivity index (χ4v) is 2.97. The molecule has 0 saturated heterocycles. The lowest BCUT2D eigenvalue weighted by Gasteiger charge is -2.06. The number of benzene rings is 2. The van der Waals surface area contributed by atoms with E-state index in [0.717, 1.165) is 28.1 Å². The van der Waals surface area contributed by atoms with Gasteiger partial charge in [0.15, 0.2) is 4.77 Å². The van der Waals surface area contributed by atoms with E-state index < -0.39 is 0 Å². The van der Waals surface area contributed by atoms with Crippen LogP contribution in [0.3, 0.4) is 0 Å². The average molecular weight is 396 g/mol. The Morgan fingerprint density at radius 1 is 1.20 bits per heavy atom. The molecular weight excluding hydrogens is 383 g/mol. The molecule has 3 aromatic rings. The van der Waals surface area contributed by atoms with Crippen LogP contribution in [0.1, 0.15) is 5.56 Å². The number of halogens is 1. The second kappa shape index (κ2) is 5.57. The lowest BCUT2D eigenvalue weighted by molar-refractivity contribution is 0.414. The highest BCUT2D eigenvalue weighted by Gasteiger charge is 2.05. The number of nitrogens with one attached hydrogen (secondary N) is 1. The summed E-state index contributed by atoms with van der Waals surface area (Å²) in [6, 6.07) is 14.4. The summed E-state index contributed by atoms with van der Waals surface area (Å²) in [5, 5.41) is 0. The van der Waals surface area contributed by atoms with Gasteiger partial charge in [-0.05, 0) is 70.7 Å². The molecule has 2 aromatic carbocycles. The Hall–Kier alpha value is -1.34. The number of hydrogen-bond donors (Lipinski definition) is 1. The molecule has 1 aromatic heterocycles. The first kappa shape index (κ1) is 13.6. The van der Waals surface area contributed by atoms with Gasteiger partial charge in [0.2, 0.25) is 0 Å². The number of hydrogen-bond acceptors (Lipinski definition) is 2. The Balaban J connectivity index is 2.01. The maximum absolute atomic E-state index is 5.42. The van der Waals surface area contributed by atoms with Crippen LogP contribution >= 0.6 is 34.8 Å². The molecule has 0 aliphatic rings. The van der Waals surface area contributed by atoms with Gasteiger partial charge in [0.1, 0.15) is 5.75 Å². The van der Waals surface area contributed by atoms with Crippen LogP contribution in [-0.4, -0.2) is 16.7 Å². The highest BCUT2D eigenvalue weighted by Crippen LogP contribution is 2.19. The lowest BCUT2D eigenvalue weighted by atomic mass is 10.2. The summed E-state index contributed by atoms with van der Waals surface area (Å²) in [4.78, 5) is 3.26. The summed E-state index contributed by atoms with van der Waals surface area (Å²) < 4.78 is 9.24. The minimum absolute atomic E-state index is 0.748. The number of H-pyrrole nitrogens is 1.